The van der Waals surface area contributed by atoms with Crippen LogP contribution in [0.3, 0.4) is 0 Å². The Hall–Kier alpha value is -1.06. The van der Waals surface area contributed by atoms with E-state index in [1.807, 2.05) is 20.8 Å². The van der Waals surface area contributed by atoms with E-state index in [9.17, 15) is 0 Å². The Morgan fingerprint density at radius 1 is 1.41 bits per heavy atom. The number of piperidine rings is 1. The van der Waals surface area contributed by atoms with Gasteiger partial charge in [0.05, 0.1) is 6.10 Å². The van der Waals surface area contributed by atoms with Crippen molar-refractivity contribution in [2.24, 2.45) is 0 Å². The fourth-order valence-electron chi connectivity index (χ4n) is 1.18. The Labute approximate surface area is 106 Å². The summed E-state index contributed by atoms with van der Waals surface area (Å²) in [6.07, 6.45) is 8.45. The average Bonchev–Trinajstić information content (AvgIpc) is 2.34. The van der Waals surface area contributed by atoms with Gasteiger partial charge in [-0.25, -0.2) is 0 Å². The summed E-state index contributed by atoms with van der Waals surface area (Å²) >= 11 is 0. The van der Waals surface area contributed by atoms with Crippen molar-refractivity contribution in [3.05, 3.63) is 36.6 Å². The van der Waals surface area contributed by atoms with Crippen molar-refractivity contribution in [2.75, 3.05) is 13.1 Å². The zero-order valence-corrected chi connectivity index (χ0v) is 11.3. The highest BCUT2D eigenvalue weighted by molar-refractivity contribution is 5.14. The van der Waals surface area contributed by atoms with Crippen molar-refractivity contribution >= 4 is 0 Å². The minimum absolute atomic E-state index is 0.0752. The largest absolute Gasteiger partial charge is 0.508 e. The lowest BCUT2D eigenvalue weighted by Gasteiger charge is -2.16. The van der Waals surface area contributed by atoms with E-state index >= 15 is 0 Å². The monoisotopic (exact) mass is 241 g/mol. The van der Waals surface area contributed by atoms with E-state index in [-0.39, 0.29) is 11.9 Å². The third-order valence-corrected chi connectivity index (χ3v) is 1.90. The summed E-state index contributed by atoms with van der Waals surface area (Å²) in [5.41, 5.74) is 0. The molecular formula is C14H27NO2. The quantitative estimate of drug-likeness (QED) is 0.514. The maximum Gasteiger partial charge on any atom is 0.115 e. The van der Waals surface area contributed by atoms with Gasteiger partial charge in [-0.3, -0.25) is 0 Å². The summed E-state index contributed by atoms with van der Waals surface area (Å²) < 4.78 is 0. The molecule has 0 aromatic heterocycles. The normalized spacial score (nSPS) is 19.8. The molecule has 0 aliphatic carbocycles. The van der Waals surface area contributed by atoms with Crippen LogP contribution in [0, 0.1) is 0 Å². The van der Waals surface area contributed by atoms with E-state index < -0.39 is 0 Å². The van der Waals surface area contributed by atoms with Gasteiger partial charge < -0.3 is 15.5 Å². The predicted octanol–water partition coefficient (Wildman–Crippen LogP) is 2.95. The minimum atomic E-state index is -0.0752. The van der Waals surface area contributed by atoms with Crippen molar-refractivity contribution in [1.82, 2.24) is 5.32 Å². The molecule has 3 heteroatoms. The second-order valence-electron chi connectivity index (χ2n) is 3.33. The van der Waals surface area contributed by atoms with Crippen LogP contribution >= 0.6 is 0 Å². The molecule has 0 radical (unpaired) electrons. The Morgan fingerprint density at radius 3 is 2.35 bits per heavy atom. The van der Waals surface area contributed by atoms with E-state index in [0.29, 0.717) is 0 Å². The van der Waals surface area contributed by atoms with Gasteiger partial charge in [-0.05, 0) is 38.5 Å². The molecule has 3 nitrogen and oxygen atoms in total. The smallest absolute Gasteiger partial charge is 0.115 e. The van der Waals surface area contributed by atoms with E-state index in [2.05, 4.69) is 11.9 Å². The Morgan fingerprint density at radius 2 is 2.06 bits per heavy atom. The lowest BCUT2D eigenvalue weighted by atomic mass is 10.1. The van der Waals surface area contributed by atoms with Crippen molar-refractivity contribution in [3.63, 3.8) is 0 Å². The van der Waals surface area contributed by atoms with Crippen LogP contribution in [0.25, 0.3) is 0 Å². The Kier molecular flexibility index (Phi) is 16.1. The summed E-state index contributed by atoms with van der Waals surface area (Å²) in [4.78, 5) is 0. The molecule has 1 atom stereocenters. The van der Waals surface area contributed by atoms with Crippen molar-refractivity contribution in [1.29, 1.82) is 0 Å². The minimum Gasteiger partial charge on any atom is -0.508 e. The molecule has 0 aromatic carbocycles. The van der Waals surface area contributed by atoms with Crippen LogP contribution in [0.4, 0.5) is 0 Å². The molecule has 1 aliphatic heterocycles. The Bertz CT molecular complexity index is 216. The number of nitrogens with one attached hydrogen (secondary N) is 1. The molecule has 17 heavy (non-hydrogen) atoms. The summed E-state index contributed by atoms with van der Waals surface area (Å²) in [6, 6.07) is 0. The summed E-state index contributed by atoms with van der Waals surface area (Å²) in [6.45, 7) is 11.1. The lowest BCUT2D eigenvalue weighted by Crippen LogP contribution is -2.33. The number of hydrogen-bond acceptors (Lipinski definition) is 3. The molecule has 0 amide bonds. The number of aliphatic hydroxyl groups is 2. The Balaban J connectivity index is 0. The number of hydrogen-bond donors (Lipinski definition) is 3. The third-order valence-electron chi connectivity index (χ3n) is 1.90. The molecule has 0 aromatic rings. The third kappa shape index (κ3) is 14.9. The first kappa shape index (κ1) is 18.3. The van der Waals surface area contributed by atoms with Gasteiger partial charge in [-0.1, -0.05) is 32.6 Å². The zero-order valence-electron chi connectivity index (χ0n) is 11.3. The second-order valence-corrected chi connectivity index (χ2v) is 3.33. The van der Waals surface area contributed by atoms with Gasteiger partial charge in [-0.15, -0.1) is 0 Å². The van der Waals surface area contributed by atoms with Gasteiger partial charge in [0.1, 0.15) is 5.76 Å². The number of rotatable bonds is 2. The molecule has 3 N–H and O–H groups in total. The molecule has 1 saturated heterocycles. The molecule has 1 rings (SSSR count). The summed E-state index contributed by atoms with van der Waals surface area (Å²) in [5, 5.41) is 20.7. The maximum atomic E-state index is 8.85. The van der Waals surface area contributed by atoms with E-state index in [0.717, 1.165) is 25.9 Å². The molecule has 0 spiro atoms. The molecule has 100 valence electrons. The average molecular weight is 241 g/mol. The fourth-order valence-corrected chi connectivity index (χ4v) is 1.18. The van der Waals surface area contributed by atoms with E-state index in [1.165, 1.54) is 12.2 Å². The van der Waals surface area contributed by atoms with Gasteiger partial charge in [-0.2, -0.15) is 0 Å². The fraction of sp³-hybridized carbons (Fsp3) is 0.571. The number of aliphatic hydroxyl groups excluding tert-OH is 2. The zero-order chi connectivity index (χ0) is 13.5. The number of allylic oxidation sites excluding steroid dienone is 4. The highest BCUT2D eigenvalue weighted by Gasteiger charge is 2.06. The second kappa shape index (κ2) is 14.9. The van der Waals surface area contributed by atoms with E-state index in [1.54, 1.807) is 12.2 Å². The molecular weight excluding hydrogens is 214 g/mol. The molecule has 0 unspecified atom stereocenters. The van der Waals surface area contributed by atoms with Crippen LogP contribution in [-0.4, -0.2) is 29.4 Å². The maximum absolute atomic E-state index is 8.85. The predicted molar refractivity (Wildman–Crippen MR) is 75.2 cm³/mol. The highest BCUT2D eigenvalue weighted by atomic mass is 16.3. The van der Waals surface area contributed by atoms with Crippen LogP contribution in [-0.2, 0) is 0 Å². The van der Waals surface area contributed by atoms with Gasteiger partial charge in [0.2, 0.25) is 0 Å². The van der Waals surface area contributed by atoms with Crippen LogP contribution in [0.1, 0.15) is 33.6 Å². The first-order valence-corrected chi connectivity index (χ1v) is 6.24. The van der Waals surface area contributed by atoms with Gasteiger partial charge in [0.25, 0.3) is 0 Å². The topological polar surface area (TPSA) is 52.5 Å². The standard InChI is InChI=1S/C7H10O.C5H11NO.C2H6/c1-3-5-7(8)6-4-2;7-5-2-1-3-6-4-5;1-2/h3-6,8H,1H2,2H3;5-7H,1-4H2;1-2H3/b6-4-,7-5+;;/t;5-;/m.1./s1. The van der Waals surface area contributed by atoms with Gasteiger partial charge >= 0.3 is 0 Å². The van der Waals surface area contributed by atoms with Crippen molar-refractivity contribution in [2.45, 2.75) is 39.7 Å². The van der Waals surface area contributed by atoms with Crippen LogP contribution < -0.4 is 5.32 Å². The highest BCUT2D eigenvalue weighted by Crippen LogP contribution is 1.98. The lowest BCUT2D eigenvalue weighted by molar-refractivity contribution is 0.142. The van der Waals surface area contributed by atoms with Crippen LogP contribution in [0.5, 0.6) is 0 Å². The summed E-state index contributed by atoms with van der Waals surface area (Å²) in [7, 11) is 0. The summed E-state index contributed by atoms with van der Waals surface area (Å²) in [5.74, 6) is 0.238. The number of β-amino-alcohol motifs (C(OH)–C–C–N with tert-alkyl or cyclic N) is 1. The molecule has 0 bridgehead atoms. The van der Waals surface area contributed by atoms with Crippen LogP contribution in [0.2, 0.25) is 0 Å². The van der Waals surface area contributed by atoms with Crippen LogP contribution in [0.15, 0.2) is 36.6 Å². The first-order valence-electron chi connectivity index (χ1n) is 6.24. The molecule has 1 heterocycles. The first-order chi connectivity index (χ1) is 8.20. The van der Waals surface area contributed by atoms with Crippen molar-refractivity contribution in [3.8, 4) is 0 Å². The van der Waals surface area contributed by atoms with Gasteiger partial charge in [0, 0.05) is 6.54 Å². The van der Waals surface area contributed by atoms with Gasteiger partial charge in [0.15, 0.2) is 0 Å². The molecule has 1 aliphatic rings. The van der Waals surface area contributed by atoms with E-state index in [4.69, 9.17) is 10.2 Å². The molecule has 1 fully saturated rings. The SMILES string of the molecule is C=C/C=C(O)\C=C/C.CC.O[C@@H]1CCCNC1. The molecule has 0 saturated carbocycles. The van der Waals surface area contributed by atoms with Crippen molar-refractivity contribution < 1.29 is 10.2 Å².